The Balaban J connectivity index is 2.13. The third-order valence-electron chi connectivity index (χ3n) is 3.62. The molecule has 0 unspecified atom stereocenters. The molecule has 126 valence electrons. The van der Waals surface area contributed by atoms with Crippen LogP contribution in [0.1, 0.15) is 38.8 Å². The Labute approximate surface area is 136 Å². The molecule has 1 aromatic rings. The molecule has 1 aliphatic heterocycles. The maximum Gasteiger partial charge on any atom is 0.407 e. The van der Waals surface area contributed by atoms with Gasteiger partial charge in [-0.2, -0.15) is 0 Å². The Morgan fingerprint density at radius 1 is 1.22 bits per heavy atom. The van der Waals surface area contributed by atoms with Gasteiger partial charge in [-0.25, -0.2) is 4.79 Å². The van der Waals surface area contributed by atoms with Gasteiger partial charge >= 0.3 is 12.1 Å². The van der Waals surface area contributed by atoms with E-state index >= 15 is 0 Å². The van der Waals surface area contributed by atoms with Crippen LogP contribution >= 0.6 is 0 Å². The number of rotatable bonds is 3. The van der Waals surface area contributed by atoms with E-state index in [1.165, 1.54) is 7.11 Å². The predicted octanol–water partition coefficient (Wildman–Crippen LogP) is 2.16. The number of methoxy groups -OCH3 is 1. The highest BCUT2D eigenvalue weighted by atomic mass is 16.6. The van der Waals surface area contributed by atoms with Crippen LogP contribution in [0.2, 0.25) is 0 Å². The van der Waals surface area contributed by atoms with Crippen molar-refractivity contribution in [1.82, 2.24) is 10.6 Å². The SMILES string of the molecule is COC(=O)[C@@H]1C[C@@H](NC(=O)OC(C)(C)C)[C@H](c2ccccc2)N1. The van der Waals surface area contributed by atoms with Crippen LogP contribution < -0.4 is 10.6 Å². The molecule has 1 fully saturated rings. The highest BCUT2D eigenvalue weighted by Gasteiger charge is 2.40. The third-order valence-corrected chi connectivity index (χ3v) is 3.62. The molecule has 1 amide bonds. The number of ether oxygens (including phenoxy) is 2. The van der Waals surface area contributed by atoms with E-state index in [0.717, 1.165) is 5.56 Å². The number of benzene rings is 1. The number of amides is 1. The summed E-state index contributed by atoms with van der Waals surface area (Å²) >= 11 is 0. The van der Waals surface area contributed by atoms with Gasteiger partial charge < -0.3 is 14.8 Å². The van der Waals surface area contributed by atoms with Crippen molar-refractivity contribution in [3.05, 3.63) is 35.9 Å². The zero-order valence-corrected chi connectivity index (χ0v) is 14.0. The van der Waals surface area contributed by atoms with Crippen molar-refractivity contribution in [1.29, 1.82) is 0 Å². The summed E-state index contributed by atoms with van der Waals surface area (Å²) in [7, 11) is 1.36. The van der Waals surface area contributed by atoms with Crippen LogP contribution in [-0.4, -0.2) is 36.9 Å². The molecular formula is C17H24N2O4. The van der Waals surface area contributed by atoms with Gasteiger partial charge in [-0.1, -0.05) is 30.3 Å². The first-order chi connectivity index (χ1) is 10.8. The van der Waals surface area contributed by atoms with E-state index in [0.29, 0.717) is 6.42 Å². The Morgan fingerprint density at radius 3 is 2.43 bits per heavy atom. The van der Waals surface area contributed by atoms with E-state index in [-0.39, 0.29) is 18.1 Å². The quantitative estimate of drug-likeness (QED) is 0.835. The fourth-order valence-corrected chi connectivity index (χ4v) is 2.69. The molecular weight excluding hydrogens is 296 g/mol. The average molecular weight is 320 g/mol. The maximum absolute atomic E-state index is 12.1. The minimum Gasteiger partial charge on any atom is -0.468 e. The second-order valence-electron chi connectivity index (χ2n) is 6.62. The van der Waals surface area contributed by atoms with Crippen molar-refractivity contribution in [3.8, 4) is 0 Å². The molecule has 1 aliphatic rings. The minimum atomic E-state index is -0.569. The van der Waals surface area contributed by atoms with Crippen LogP contribution in [0.5, 0.6) is 0 Å². The molecule has 23 heavy (non-hydrogen) atoms. The van der Waals surface area contributed by atoms with Gasteiger partial charge in [-0.05, 0) is 32.8 Å². The number of nitrogens with one attached hydrogen (secondary N) is 2. The molecule has 0 radical (unpaired) electrons. The average Bonchev–Trinajstić information content (AvgIpc) is 2.89. The standard InChI is InChI=1S/C17H24N2O4/c1-17(2,3)23-16(21)19-12-10-13(15(20)22-4)18-14(12)11-8-6-5-7-9-11/h5-9,12-14,18H,10H2,1-4H3,(H,19,21)/t12-,13+,14+/m1/s1. The summed E-state index contributed by atoms with van der Waals surface area (Å²) in [5, 5.41) is 6.09. The van der Waals surface area contributed by atoms with E-state index in [1.807, 2.05) is 51.1 Å². The molecule has 2 N–H and O–H groups in total. The van der Waals surface area contributed by atoms with Crippen LogP contribution in [-0.2, 0) is 14.3 Å². The topological polar surface area (TPSA) is 76.7 Å². The number of esters is 1. The lowest BCUT2D eigenvalue weighted by Crippen LogP contribution is -2.41. The predicted molar refractivity (Wildman–Crippen MR) is 85.9 cm³/mol. The molecule has 3 atom stereocenters. The Morgan fingerprint density at radius 2 is 1.87 bits per heavy atom. The van der Waals surface area contributed by atoms with Crippen LogP contribution in [0.4, 0.5) is 4.79 Å². The molecule has 6 heteroatoms. The van der Waals surface area contributed by atoms with Crippen LogP contribution in [0.25, 0.3) is 0 Å². The zero-order valence-electron chi connectivity index (χ0n) is 14.0. The summed E-state index contributed by atoms with van der Waals surface area (Å²) in [6.45, 7) is 5.43. The summed E-state index contributed by atoms with van der Waals surface area (Å²) in [5.41, 5.74) is 0.431. The number of hydrogen-bond acceptors (Lipinski definition) is 5. The molecule has 0 aromatic heterocycles. The number of carbonyl (C=O) groups excluding carboxylic acids is 2. The number of alkyl carbamates (subject to hydrolysis) is 1. The lowest BCUT2D eigenvalue weighted by Gasteiger charge is -2.24. The highest BCUT2D eigenvalue weighted by molar-refractivity contribution is 5.77. The largest absolute Gasteiger partial charge is 0.468 e. The van der Waals surface area contributed by atoms with E-state index in [1.54, 1.807) is 0 Å². The first-order valence-corrected chi connectivity index (χ1v) is 7.68. The molecule has 6 nitrogen and oxygen atoms in total. The Bertz CT molecular complexity index is 553. The summed E-state index contributed by atoms with van der Waals surface area (Å²) in [6.07, 6.45) is -0.0402. The van der Waals surface area contributed by atoms with E-state index in [2.05, 4.69) is 10.6 Å². The first kappa shape index (κ1) is 17.3. The highest BCUT2D eigenvalue weighted by Crippen LogP contribution is 2.28. The van der Waals surface area contributed by atoms with Crippen molar-refractivity contribution < 1.29 is 19.1 Å². The maximum atomic E-state index is 12.1. The van der Waals surface area contributed by atoms with E-state index in [9.17, 15) is 9.59 Å². The monoisotopic (exact) mass is 320 g/mol. The van der Waals surface area contributed by atoms with Crippen molar-refractivity contribution in [3.63, 3.8) is 0 Å². The van der Waals surface area contributed by atoms with Gasteiger partial charge in [0.15, 0.2) is 0 Å². The summed E-state index contributed by atoms with van der Waals surface area (Å²) in [6, 6.07) is 8.81. The van der Waals surface area contributed by atoms with Gasteiger partial charge in [0, 0.05) is 0 Å². The summed E-state index contributed by atoms with van der Waals surface area (Å²) in [4.78, 5) is 23.9. The summed E-state index contributed by atoms with van der Waals surface area (Å²) < 4.78 is 10.1. The van der Waals surface area contributed by atoms with Gasteiger partial charge in [0.1, 0.15) is 11.6 Å². The number of carbonyl (C=O) groups is 2. The lowest BCUT2D eigenvalue weighted by molar-refractivity contribution is -0.142. The smallest absolute Gasteiger partial charge is 0.407 e. The van der Waals surface area contributed by atoms with Crippen LogP contribution in [0.3, 0.4) is 0 Å². The molecule has 1 heterocycles. The molecule has 0 spiro atoms. The summed E-state index contributed by atoms with van der Waals surface area (Å²) in [5.74, 6) is -0.334. The van der Waals surface area contributed by atoms with Crippen LogP contribution in [0.15, 0.2) is 30.3 Å². The van der Waals surface area contributed by atoms with Gasteiger partial charge in [-0.15, -0.1) is 0 Å². The van der Waals surface area contributed by atoms with E-state index in [4.69, 9.17) is 9.47 Å². The molecule has 0 aliphatic carbocycles. The molecule has 1 aromatic carbocycles. The zero-order chi connectivity index (χ0) is 17.0. The second-order valence-corrected chi connectivity index (χ2v) is 6.62. The Kier molecular flexibility index (Phi) is 5.26. The van der Waals surface area contributed by atoms with Gasteiger partial charge in [0.05, 0.1) is 19.2 Å². The van der Waals surface area contributed by atoms with Gasteiger partial charge in [0.25, 0.3) is 0 Å². The lowest BCUT2D eigenvalue weighted by atomic mass is 10.0. The normalized spacial score (nSPS) is 24.1. The fraction of sp³-hybridized carbons (Fsp3) is 0.529. The van der Waals surface area contributed by atoms with Crippen molar-refractivity contribution >= 4 is 12.1 Å². The van der Waals surface area contributed by atoms with Crippen molar-refractivity contribution in [2.75, 3.05) is 7.11 Å². The molecule has 0 bridgehead atoms. The van der Waals surface area contributed by atoms with Gasteiger partial charge in [0.2, 0.25) is 0 Å². The van der Waals surface area contributed by atoms with Crippen LogP contribution in [0, 0.1) is 0 Å². The van der Waals surface area contributed by atoms with Crippen molar-refractivity contribution in [2.24, 2.45) is 0 Å². The number of hydrogen-bond donors (Lipinski definition) is 2. The second kappa shape index (κ2) is 7.00. The van der Waals surface area contributed by atoms with Crippen molar-refractivity contribution in [2.45, 2.75) is 50.9 Å². The Hall–Kier alpha value is -2.08. The van der Waals surface area contributed by atoms with Gasteiger partial charge in [-0.3, -0.25) is 10.1 Å². The molecule has 2 rings (SSSR count). The fourth-order valence-electron chi connectivity index (χ4n) is 2.69. The van der Waals surface area contributed by atoms with E-state index < -0.39 is 17.7 Å². The molecule has 1 saturated heterocycles. The molecule has 0 saturated carbocycles. The third kappa shape index (κ3) is 4.69. The first-order valence-electron chi connectivity index (χ1n) is 7.68. The minimum absolute atomic E-state index is 0.173.